The Morgan fingerprint density at radius 2 is 2.00 bits per heavy atom. The van der Waals surface area contributed by atoms with E-state index in [4.69, 9.17) is 0 Å². The van der Waals surface area contributed by atoms with Crippen LogP contribution in [0, 0.1) is 6.92 Å². The molecule has 1 amide bonds. The Labute approximate surface area is 123 Å². The number of hydrogen-bond acceptors (Lipinski definition) is 3. The summed E-state index contributed by atoms with van der Waals surface area (Å²) in [6.07, 6.45) is 2.01. The van der Waals surface area contributed by atoms with Gasteiger partial charge in [-0.05, 0) is 49.1 Å². The maximum Gasteiger partial charge on any atom is 0.255 e. The molecule has 0 unspecified atom stereocenters. The van der Waals surface area contributed by atoms with E-state index in [0.29, 0.717) is 5.56 Å². The molecule has 2 aromatic carbocycles. The number of aryl methyl sites for hydroxylation is 1. The van der Waals surface area contributed by atoms with E-state index in [1.54, 1.807) is 17.8 Å². The highest BCUT2D eigenvalue weighted by atomic mass is 32.2. The predicted molar refractivity (Wildman–Crippen MR) is 84.6 cm³/mol. The van der Waals surface area contributed by atoms with Crippen LogP contribution in [0.15, 0.2) is 52.3 Å². The van der Waals surface area contributed by atoms with Crippen LogP contribution in [-0.4, -0.2) is 12.2 Å². The molecule has 2 aromatic rings. The van der Waals surface area contributed by atoms with Gasteiger partial charge in [-0.2, -0.15) is 0 Å². The van der Waals surface area contributed by atoms with Crippen molar-refractivity contribution in [3.63, 3.8) is 0 Å². The Hall–Kier alpha value is -1.39. The van der Waals surface area contributed by atoms with Gasteiger partial charge in [-0.25, -0.2) is 0 Å². The third kappa shape index (κ3) is 3.55. The number of nitrogens with one attached hydrogen (secondary N) is 1. The average molecular weight is 289 g/mol. The minimum atomic E-state index is -0.105. The molecule has 0 aliphatic rings. The van der Waals surface area contributed by atoms with Crippen LogP contribution in [-0.2, 0) is 0 Å². The lowest BCUT2D eigenvalue weighted by atomic mass is 10.1. The molecule has 0 atom stereocenters. The lowest BCUT2D eigenvalue weighted by molar-refractivity contribution is 0.102. The second-order valence-electron chi connectivity index (χ2n) is 4.19. The van der Waals surface area contributed by atoms with Crippen LogP contribution in [0.4, 0.5) is 5.69 Å². The van der Waals surface area contributed by atoms with Gasteiger partial charge in [-0.15, -0.1) is 24.4 Å². The molecule has 0 saturated heterocycles. The number of anilines is 1. The molecular formula is C15H15NOS2. The van der Waals surface area contributed by atoms with E-state index in [1.807, 2.05) is 49.6 Å². The van der Waals surface area contributed by atoms with Crippen molar-refractivity contribution in [3.05, 3.63) is 53.6 Å². The maximum atomic E-state index is 12.2. The standard InChI is InChI=1S/C15H15NOS2/c1-10-6-7-12(18)9-14(10)15(17)16-11-4-3-5-13(8-11)19-2/h3-9,18H,1-2H3,(H,16,17). The zero-order chi connectivity index (χ0) is 13.8. The number of amides is 1. The molecule has 0 fully saturated rings. The van der Waals surface area contributed by atoms with Crippen molar-refractivity contribution < 1.29 is 4.79 Å². The topological polar surface area (TPSA) is 29.1 Å². The van der Waals surface area contributed by atoms with Crippen LogP contribution in [0.3, 0.4) is 0 Å². The Kier molecular flexibility index (Phi) is 4.56. The average Bonchev–Trinajstić information content (AvgIpc) is 2.41. The second-order valence-corrected chi connectivity index (χ2v) is 5.58. The number of carbonyl (C=O) groups excluding carboxylic acids is 1. The summed E-state index contributed by atoms with van der Waals surface area (Å²) in [6.45, 7) is 1.92. The fraction of sp³-hybridized carbons (Fsp3) is 0.133. The van der Waals surface area contributed by atoms with Gasteiger partial charge in [0.1, 0.15) is 0 Å². The minimum absolute atomic E-state index is 0.105. The molecular weight excluding hydrogens is 274 g/mol. The largest absolute Gasteiger partial charge is 0.322 e. The van der Waals surface area contributed by atoms with Gasteiger partial charge in [0.05, 0.1) is 0 Å². The number of thiol groups is 1. The third-order valence-corrected chi connectivity index (χ3v) is 3.80. The number of rotatable bonds is 3. The molecule has 0 aliphatic heterocycles. The second kappa shape index (κ2) is 6.17. The van der Waals surface area contributed by atoms with Crippen molar-refractivity contribution >= 4 is 36.0 Å². The molecule has 0 bridgehead atoms. The van der Waals surface area contributed by atoms with E-state index in [1.165, 1.54) is 0 Å². The highest BCUT2D eigenvalue weighted by molar-refractivity contribution is 7.98. The molecule has 2 rings (SSSR count). The molecule has 0 radical (unpaired) electrons. The first-order valence-corrected chi connectivity index (χ1v) is 7.52. The fourth-order valence-electron chi connectivity index (χ4n) is 1.75. The van der Waals surface area contributed by atoms with E-state index in [0.717, 1.165) is 21.0 Å². The van der Waals surface area contributed by atoms with E-state index in [9.17, 15) is 4.79 Å². The summed E-state index contributed by atoms with van der Waals surface area (Å²) < 4.78 is 0. The molecule has 2 nitrogen and oxygen atoms in total. The summed E-state index contributed by atoms with van der Waals surface area (Å²) >= 11 is 5.92. The first-order valence-electron chi connectivity index (χ1n) is 5.85. The Morgan fingerprint density at radius 3 is 2.74 bits per heavy atom. The summed E-state index contributed by atoms with van der Waals surface area (Å²) in [5.74, 6) is -0.105. The first-order chi connectivity index (χ1) is 9.10. The maximum absolute atomic E-state index is 12.2. The number of carbonyl (C=O) groups is 1. The summed E-state index contributed by atoms with van der Waals surface area (Å²) in [5, 5.41) is 2.91. The van der Waals surface area contributed by atoms with Crippen LogP contribution in [0.2, 0.25) is 0 Å². The summed E-state index contributed by atoms with van der Waals surface area (Å²) in [5.41, 5.74) is 2.40. The number of hydrogen-bond donors (Lipinski definition) is 2. The first kappa shape index (κ1) is 14.0. The van der Waals surface area contributed by atoms with E-state index in [2.05, 4.69) is 17.9 Å². The molecule has 0 heterocycles. The van der Waals surface area contributed by atoms with Gasteiger partial charge in [-0.3, -0.25) is 4.79 Å². The Bertz CT molecular complexity index is 611. The van der Waals surface area contributed by atoms with Gasteiger partial charge in [0.15, 0.2) is 0 Å². The van der Waals surface area contributed by atoms with Crippen LogP contribution < -0.4 is 5.32 Å². The molecule has 0 aliphatic carbocycles. The fourth-order valence-corrected chi connectivity index (χ4v) is 2.42. The smallest absolute Gasteiger partial charge is 0.255 e. The van der Waals surface area contributed by atoms with Crippen LogP contribution in [0.25, 0.3) is 0 Å². The molecule has 0 aromatic heterocycles. The zero-order valence-corrected chi connectivity index (χ0v) is 12.5. The lowest BCUT2D eigenvalue weighted by Gasteiger charge is -2.09. The highest BCUT2D eigenvalue weighted by Crippen LogP contribution is 2.20. The van der Waals surface area contributed by atoms with E-state index < -0.39 is 0 Å². The van der Waals surface area contributed by atoms with Gasteiger partial charge < -0.3 is 5.32 Å². The van der Waals surface area contributed by atoms with Crippen molar-refractivity contribution in [1.82, 2.24) is 0 Å². The van der Waals surface area contributed by atoms with Gasteiger partial charge in [0.25, 0.3) is 5.91 Å². The van der Waals surface area contributed by atoms with Gasteiger partial charge in [0.2, 0.25) is 0 Å². The van der Waals surface area contributed by atoms with Gasteiger partial charge >= 0.3 is 0 Å². The van der Waals surface area contributed by atoms with E-state index >= 15 is 0 Å². The van der Waals surface area contributed by atoms with Crippen molar-refractivity contribution in [3.8, 4) is 0 Å². The minimum Gasteiger partial charge on any atom is -0.322 e. The Balaban J connectivity index is 2.23. The predicted octanol–water partition coefficient (Wildman–Crippen LogP) is 4.26. The number of benzene rings is 2. The normalized spacial score (nSPS) is 10.3. The van der Waals surface area contributed by atoms with Crippen molar-refractivity contribution in [1.29, 1.82) is 0 Å². The highest BCUT2D eigenvalue weighted by Gasteiger charge is 2.09. The van der Waals surface area contributed by atoms with Gasteiger partial charge in [0, 0.05) is 21.0 Å². The van der Waals surface area contributed by atoms with E-state index in [-0.39, 0.29) is 5.91 Å². The van der Waals surface area contributed by atoms with Crippen molar-refractivity contribution in [2.75, 3.05) is 11.6 Å². The van der Waals surface area contributed by atoms with Crippen molar-refractivity contribution in [2.45, 2.75) is 16.7 Å². The lowest BCUT2D eigenvalue weighted by Crippen LogP contribution is -2.13. The summed E-state index contributed by atoms with van der Waals surface area (Å²) in [6, 6.07) is 13.4. The third-order valence-electron chi connectivity index (χ3n) is 2.79. The number of thioether (sulfide) groups is 1. The molecule has 4 heteroatoms. The quantitative estimate of drug-likeness (QED) is 0.653. The molecule has 1 N–H and O–H groups in total. The SMILES string of the molecule is CSc1cccc(NC(=O)c2cc(S)ccc2C)c1. The monoisotopic (exact) mass is 289 g/mol. The Morgan fingerprint density at radius 1 is 1.21 bits per heavy atom. The van der Waals surface area contributed by atoms with Gasteiger partial charge in [-0.1, -0.05) is 12.1 Å². The van der Waals surface area contributed by atoms with Crippen molar-refractivity contribution in [2.24, 2.45) is 0 Å². The van der Waals surface area contributed by atoms with Crippen LogP contribution >= 0.6 is 24.4 Å². The summed E-state index contributed by atoms with van der Waals surface area (Å²) in [4.78, 5) is 14.1. The van der Waals surface area contributed by atoms with Crippen LogP contribution in [0.5, 0.6) is 0 Å². The molecule has 0 spiro atoms. The molecule has 98 valence electrons. The zero-order valence-electron chi connectivity index (χ0n) is 10.8. The summed E-state index contributed by atoms with van der Waals surface area (Å²) in [7, 11) is 0. The molecule has 0 saturated carbocycles. The molecule has 19 heavy (non-hydrogen) atoms. The van der Waals surface area contributed by atoms with Crippen LogP contribution in [0.1, 0.15) is 15.9 Å².